The maximum Gasteiger partial charge on any atom is 0.407 e. The lowest BCUT2D eigenvalue weighted by molar-refractivity contribution is 0.161. The molecule has 3 heteroatoms. The van der Waals surface area contributed by atoms with Crippen molar-refractivity contribution in [3.05, 3.63) is 0 Å². The molecule has 1 unspecified atom stereocenters. The largest absolute Gasteiger partial charge is 0.453 e. The first-order valence-electron chi connectivity index (χ1n) is 3.72. The van der Waals surface area contributed by atoms with Crippen molar-refractivity contribution in [3.8, 4) is 12.3 Å². The van der Waals surface area contributed by atoms with E-state index in [-0.39, 0.29) is 11.5 Å². The number of carbonyl (C=O) groups excluding carboxylic acids is 1. The van der Waals surface area contributed by atoms with Gasteiger partial charge in [0.1, 0.15) is 0 Å². The molecule has 1 atom stereocenters. The highest BCUT2D eigenvalue weighted by molar-refractivity contribution is 5.68. The van der Waals surface area contributed by atoms with Crippen molar-refractivity contribution in [1.82, 2.24) is 5.32 Å². The molecule has 0 aromatic heterocycles. The molecule has 0 spiro atoms. The zero-order valence-electron chi connectivity index (χ0n) is 7.97. The van der Waals surface area contributed by atoms with Gasteiger partial charge in [-0.1, -0.05) is 26.7 Å². The van der Waals surface area contributed by atoms with Gasteiger partial charge in [0, 0.05) is 0 Å². The van der Waals surface area contributed by atoms with Gasteiger partial charge in [0.15, 0.2) is 0 Å². The molecular weight excluding hydrogens is 154 g/mol. The Balaban J connectivity index is 4.22. The zero-order valence-corrected chi connectivity index (χ0v) is 7.97. The third kappa shape index (κ3) is 3.29. The van der Waals surface area contributed by atoms with Crippen LogP contribution in [0.4, 0.5) is 4.79 Å². The molecule has 1 N–H and O–H groups in total. The normalized spacial score (nSPS) is 12.9. The van der Waals surface area contributed by atoms with Crippen molar-refractivity contribution in [2.45, 2.75) is 26.8 Å². The second-order valence-corrected chi connectivity index (χ2v) is 3.60. The topological polar surface area (TPSA) is 38.3 Å². The van der Waals surface area contributed by atoms with E-state index >= 15 is 0 Å². The minimum Gasteiger partial charge on any atom is -0.453 e. The van der Waals surface area contributed by atoms with Crippen LogP contribution in [0.25, 0.3) is 0 Å². The number of hydrogen-bond donors (Lipinski definition) is 1. The summed E-state index contributed by atoms with van der Waals surface area (Å²) >= 11 is 0. The molecule has 0 bridgehead atoms. The molecule has 0 aliphatic heterocycles. The molecule has 0 rings (SSSR count). The number of methoxy groups -OCH3 is 1. The number of terminal acetylenes is 1. The van der Waals surface area contributed by atoms with Crippen molar-refractivity contribution >= 4 is 6.09 Å². The van der Waals surface area contributed by atoms with Crippen molar-refractivity contribution in [2.24, 2.45) is 5.41 Å². The lowest BCUT2D eigenvalue weighted by Gasteiger charge is -2.26. The van der Waals surface area contributed by atoms with Gasteiger partial charge in [-0.05, 0) is 5.41 Å². The molecule has 0 heterocycles. The van der Waals surface area contributed by atoms with Gasteiger partial charge in [0.25, 0.3) is 0 Å². The van der Waals surface area contributed by atoms with E-state index in [1.807, 2.05) is 20.8 Å². The fourth-order valence-electron chi connectivity index (χ4n) is 0.685. The van der Waals surface area contributed by atoms with E-state index in [1.165, 1.54) is 7.11 Å². The summed E-state index contributed by atoms with van der Waals surface area (Å²) in [4.78, 5) is 10.8. The Morgan fingerprint density at radius 2 is 2.08 bits per heavy atom. The molecular formula is C9H15NO2. The molecule has 68 valence electrons. The van der Waals surface area contributed by atoms with Crippen LogP contribution in [0.2, 0.25) is 0 Å². The van der Waals surface area contributed by atoms with Gasteiger partial charge in [-0.2, -0.15) is 0 Å². The first kappa shape index (κ1) is 10.8. The van der Waals surface area contributed by atoms with E-state index < -0.39 is 6.09 Å². The van der Waals surface area contributed by atoms with Crippen LogP contribution < -0.4 is 5.32 Å². The molecule has 0 aliphatic rings. The summed E-state index contributed by atoms with van der Waals surface area (Å²) in [6.45, 7) is 5.86. The molecule has 0 aliphatic carbocycles. The highest BCUT2D eigenvalue weighted by Crippen LogP contribution is 2.18. The standard InChI is InChI=1S/C9H15NO2/c1-6-7(9(2,3)4)10-8(11)12-5/h1,7H,2-5H3,(H,10,11). The smallest absolute Gasteiger partial charge is 0.407 e. The summed E-state index contributed by atoms with van der Waals surface area (Å²) in [6.07, 6.45) is 4.75. The number of rotatable bonds is 1. The molecule has 1 amide bonds. The quantitative estimate of drug-likeness (QED) is 0.602. The average Bonchev–Trinajstić information content (AvgIpc) is 1.97. The molecule has 3 nitrogen and oxygen atoms in total. The average molecular weight is 169 g/mol. The maximum atomic E-state index is 10.8. The second kappa shape index (κ2) is 4.01. The zero-order chi connectivity index (χ0) is 9.78. The fraction of sp³-hybridized carbons (Fsp3) is 0.667. The Bertz CT molecular complexity index is 198. The molecule has 0 aromatic rings. The van der Waals surface area contributed by atoms with E-state index in [9.17, 15) is 4.79 Å². The number of alkyl carbamates (subject to hydrolysis) is 1. The number of nitrogens with one attached hydrogen (secondary N) is 1. The Morgan fingerprint density at radius 3 is 2.33 bits per heavy atom. The summed E-state index contributed by atoms with van der Waals surface area (Å²) in [7, 11) is 1.31. The van der Waals surface area contributed by atoms with Crippen molar-refractivity contribution < 1.29 is 9.53 Å². The third-order valence-corrected chi connectivity index (χ3v) is 1.48. The summed E-state index contributed by atoms with van der Waals surface area (Å²) in [5.41, 5.74) is -0.150. The number of ether oxygens (including phenoxy) is 1. The fourth-order valence-corrected chi connectivity index (χ4v) is 0.685. The van der Waals surface area contributed by atoms with E-state index in [0.29, 0.717) is 0 Å². The van der Waals surface area contributed by atoms with Crippen LogP contribution in [0.15, 0.2) is 0 Å². The highest BCUT2D eigenvalue weighted by Gasteiger charge is 2.24. The second-order valence-electron chi connectivity index (χ2n) is 3.60. The Hall–Kier alpha value is -1.17. The SMILES string of the molecule is C#CC(NC(=O)OC)C(C)(C)C. The van der Waals surface area contributed by atoms with Crippen LogP contribution >= 0.6 is 0 Å². The van der Waals surface area contributed by atoms with Crippen LogP contribution in [0, 0.1) is 17.8 Å². The lowest BCUT2D eigenvalue weighted by atomic mass is 9.87. The summed E-state index contributed by atoms with van der Waals surface area (Å²) in [6, 6.07) is -0.301. The van der Waals surface area contributed by atoms with Gasteiger partial charge in [-0.3, -0.25) is 0 Å². The summed E-state index contributed by atoms with van der Waals surface area (Å²) in [5.74, 6) is 2.50. The summed E-state index contributed by atoms with van der Waals surface area (Å²) < 4.78 is 4.43. The van der Waals surface area contributed by atoms with Crippen LogP contribution in [0.1, 0.15) is 20.8 Å². The van der Waals surface area contributed by atoms with E-state index in [0.717, 1.165) is 0 Å². The maximum absolute atomic E-state index is 10.8. The first-order chi connectivity index (χ1) is 5.41. The highest BCUT2D eigenvalue weighted by atomic mass is 16.5. The molecule has 12 heavy (non-hydrogen) atoms. The van der Waals surface area contributed by atoms with Crippen LogP contribution in [0.3, 0.4) is 0 Å². The minimum atomic E-state index is -0.493. The van der Waals surface area contributed by atoms with Gasteiger partial charge >= 0.3 is 6.09 Å². The van der Waals surface area contributed by atoms with Crippen LogP contribution in [-0.4, -0.2) is 19.2 Å². The van der Waals surface area contributed by atoms with Gasteiger partial charge in [-0.25, -0.2) is 4.79 Å². The lowest BCUT2D eigenvalue weighted by Crippen LogP contribution is -2.42. The Labute approximate surface area is 73.5 Å². The van der Waals surface area contributed by atoms with Gasteiger partial charge < -0.3 is 10.1 Å². The van der Waals surface area contributed by atoms with Crippen LogP contribution in [-0.2, 0) is 4.74 Å². The Kier molecular flexibility index (Phi) is 3.62. The van der Waals surface area contributed by atoms with Gasteiger partial charge in [-0.15, -0.1) is 6.42 Å². The van der Waals surface area contributed by atoms with Crippen LogP contribution in [0.5, 0.6) is 0 Å². The minimum absolute atomic E-state index is 0.150. The number of carbonyl (C=O) groups is 1. The van der Waals surface area contributed by atoms with Gasteiger partial charge in [0.05, 0.1) is 13.2 Å². The molecule has 0 fully saturated rings. The molecule has 0 radical (unpaired) electrons. The van der Waals surface area contributed by atoms with Gasteiger partial charge in [0.2, 0.25) is 0 Å². The van der Waals surface area contributed by atoms with E-state index in [4.69, 9.17) is 6.42 Å². The van der Waals surface area contributed by atoms with E-state index in [2.05, 4.69) is 16.0 Å². The summed E-state index contributed by atoms with van der Waals surface area (Å²) in [5, 5.41) is 2.56. The monoisotopic (exact) mass is 169 g/mol. The van der Waals surface area contributed by atoms with Crippen molar-refractivity contribution in [3.63, 3.8) is 0 Å². The number of amides is 1. The number of hydrogen-bond acceptors (Lipinski definition) is 2. The van der Waals surface area contributed by atoms with Crippen molar-refractivity contribution in [1.29, 1.82) is 0 Å². The molecule has 0 saturated carbocycles. The van der Waals surface area contributed by atoms with E-state index in [1.54, 1.807) is 0 Å². The third-order valence-electron chi connectivity index (χ3n) is 1.48. The predicted octanol–water partition coefficient (Wildman–Crippen LogP) is 1.39. The first-order valence-corrected chi connectivity index (χ1v) is 3.72. The predicted molar refractivity (Wildman–Crippen MR) is 47.6 cm³/mol. The molecule has 0 saturated heterocycles. The van der Waals surface area contributed by atoms with Crippen molar-refractivity contribution in [2.75, 3.05) is 7.11 Å². The molecule has 0 aromatic carbocycles. The Morgan fingerprint density at radius 1 is 1.58 bits per heavy atom.